The zero-order valence-electron chi connectivity index (χ0n) is 13.9. The summed E-state index contributed by atoms with van der Waals surface area (Å²) in [5, 5.41) is 7.97. The molecule has 1 aliphatic heterocycles. The van der Waals surface area contributed by atoms with Crippen LogP contribution in [0.1, 0.15) is 36.7 Å². The molecule has 0 radical (unpaired) electrons. The van der Waals surface area contributed by atoms with Crippen LogP contribution >= 0.6 is 11.6 Å². The van der Waals surface area contributed by atoms with Gasteiger partial charge in [-0.3, -0.25) is 4.79 Å². The number of carbonyl (C=O) groups is 1. The van der Waals surface area contributed by atoms with E-state index in [2.05, 4.69) is 15.3 Å². The second-order valence-electron chi connectivity index (χ2n) is 6.36. The van der Waals surface area contributed by atoms with Gasteiger partial charge in [0.1, 0.15) is 11.4 Å². The van der Waals surface area contributed by atoms with E-state index in [-0.39, 0.29) is 18.0 Å². The van der Waals surface area contributed by atoms with Gasteiger partial charge in [0.05, 0.1) is 6.20 Å². The van der Waals surface area contributed by atoms with Gasteiger partial charge in [-0.2, -0.15) is 5.10 Å². The van der Waals surface area contributed by atoms with Gasteiger partial charge in [-0.05, 0) is 44.5 Å². The SMILES string of the molecule is CC(C)n1ncc(C(=O)NC2CCN(c3ccc(Cl)cc3)C2)c1N. The van der Waals surface area contributed by atoms with Gasteiger partial charge in [-0.1, -0.05) is 11.6 Å². The molecule has 1 aromatic carbocycles. The van der Waals surface area contributed by atoms with E-state index in [4.69, 9.17) is 17.3 Å². The number of benzene rings is 1. The minimum absolute atomic E-state index is 0.0926. The molecular formula is C17H22ClN5O. The highest BCUT2D eigenvalue weighted by Gasteiger charge is 2.26. The maximum atomic E-state index is 12.5. The van der Waals surface area contributed by atoms with Gasteiger partial charge in [-0.25, -0.2) is 4.68 Å². The average Bonchev–Trinajstić information content (AvgIpc) is 3.14. The molecule has 1 atom stereocenters. The first-order valence-electron chi connectivity index (χ1n) is 8.10. The fourth-order valence-corrected chi connectivity index (χ4v) is 3.11. The predicted octanol–water partition coefficient (Wildman–Crippen LogP) is 2.71. The number of nitrogens with zero attached hydrogens (tertiary/aromatic N) is 3. The first kappa shape index (κ1) is 16.6. The van der Waals surface area contributed by atoms with Gasteiger partial charge in [-0.15, -0.1) is 0 Å². The topological polar surface area (TPSA) is 76.2 Å². The minimum atomic E-state index is -0.164. The Morgan fingerprint density at radius 1 is 1.38 bits per heavy atom. The van der Waals surface area contributed by atoms with Gasteiger partial charge in [0.2, 0.25) is 0 Å². The number of hydrogen-bond acceptors (Lipinski definition) is 4. The van der Waals surface area contributed by atoms with Crippen LogP contribution in [-0.4, -0.2) is 34.8 Å². The lowest BCUT2D eigenvalue weighted by atomic mass is 10.2. The van der Waals surface area contributed by atoms with Crippen molar-refractivity contribution in [1.82, 2.24) is 15.1 Å². The number of amides is 1. The summed E-state index contributed by atoms with van der Waals surface area (Å²) in [7, 11) is 0. The summed E-state index contributed by atoms with van der Waals surface area (Å²) < 4.78 is 1.66. The van der Waals surface area contributed by atoms with Crippen LogP contribution in [0.15, 0.2) is 30.5 Å². The lowest BCUT2D eigenvalue weighted by molar-refractivity contribution is 0.0941. The molecule has 2 aromatic rings. The van der Waals surface area contributed by atoms with Crippen molar-refractivity contribution in [3.8, 4) is 0 Å². The first-order chi connectivity index (χ1) is 11.5. The summed E-state index contributed by atoms with van der Waals surface area (Å²) in [5.41, 5.74) is 7.58. The average molecular weight is 348 g/mol. The van der Waals surface area contributed by atoms with E-state index >= 15 is 0 Å². The van der Waals surface area contributed by atoms with Crippen molar-refractivity contribution < 1.29 is 4.79 Å². The second-order valence-corrected chi connectivity index (χ2v) is 6.80. The summed E-state index contributed by atoms with van der Waals surface area (Å²) in [6.45, 7) is 5.62. The Hall–Kier alpha value is -2.21. The Morgan fingerprint density at radius 2 is 2.08 bits per heavy atom. The molecule has 3 N–H and O–H groups in total. The molecule has 24 heavy (non-hydrogen) atoms. The first-order valence-corrected chi connectivity index (χ1v) is 8.48. The molecule has 0 spiro atoms. The van der Waals surface area contributed by atoms with Crippen LogP contribution in [0.4, 0.5) is 11.5 Å². The van der Waals surface area contributed by atoms with Gasteiger partial charge >= 0.3 is 0 Å². The lowest BCUT2D eigenvalue weighted by Gasteiger charge is -2.19. The van der Waals surface area contributed by atoms with Crippen molar-refractivity contribution in [2.75, 3.05) is 23.7 Å². The van der Waals surface area contributed by atoms with E-state index in [1.165, 1.54) is 6.20 Å². The third-order valence-electron chi connectivity index (χ3n) is 4.28. The zero-order chi connectivity index (χ0) is 17.3. The van der Waals surface area contributed by atoms with Crippen molar-refractivity contribution in [2.45, 2.75) is 32.4 Å². The minimum Gasteiger partial charge on any atom is -0.383 e. The number of aromatic nitrogens is 2. The molecule has 6 nitrogen and oxygen atoms in total. The van der Waals surface area contributed by atoms with E-state index in [0.717, 1.165) is 30.2 Å². The molecule has 7 heteroatoms. The van der Waals surface area contributed by atoms with Gasteiger partial charge in [0, 0.05) is 35.9 Å². The van der Waals surface area contributed by atoms with Crippen molar-refractivity contribution in [2.24, 2.45) is 0 Å². The zero-order valence-corrected chi connectivity index (χ0v) is 14.6. The molecule has 1 aliphatic rings. The van der Waals surface area contributed by atoms with E-state index < -0.39 is 0 Å². The maximum absolute atomic E-state index is 12.5. The Labute approximate surface area is 146 Å². The van der Waals surface area contributed by atoms with Crippen molar-refractivity contribution in [3.63, 3.8) is 0 Å². The summed E-state index contributed by atoms with van der Waals surface area (Å²) >= 11 is 5.93. The number of carbonyl (C=O) groups excluding carboxylic acids is 1. The van der Waals surface area contributed by atoms with E-state index in [0.29, 0.717) is 11.4 Å². The normalized spacial score (nSPS) is 17.5. The van der Waals surface area contributed by atoms with E-state index in [1.54, 1.807) is 4.68 Å². The van der Waals surface area contributed by atoms with Crippen LogP contribution < -0.4 is 16.0 Å². The van der Waals surface area contributed by atoms with Gasteiger partial charge in [0.15, 0.2) is 0 Å². The number of nitrogens with two attached hydrogens (primary N) is 1. The Bertz CT molecular complexity index is 725. The number of anilines is 2. The van der Waals surface area contributed by atoms with Gasteiger partial charge in [0.25, 0.3) is 5.91 Å². The molecule has 1 aromatic heterocycles. The largest absolute Gasteiger partial charge is 0.383 e. The van der Waals surface area contributed by atoms with Crippen LogP contribution in [0.2, 0.25) is 5.02 Å². The van der Waals surface area contributed by atoms with Crippen LogP contribution in [0.25, 0.3) is 0 Å². The van der Waals surface area contributed by atoms with Crippen LogP contribution in [0.5, 0.6) is 0 Å². The molecule has 128 valence electrons. The fourth-order valence-electron chi connectivity index (χ4n) is 2.99. The fraction of sp³-hybridized carbons (Fsp3) is 0.412. The molecule has 1 amide bonds. The highest BCUT2D eigenvalue weighted by atomic mass is 35.5. The predicted molar refractivity (Wildman–Crippen MR) is 96.6 cm³/mol. The number of nitrogen functional groups attached to an aromatic ring is 1. The summed E-state index contributed by atoms with van der Waals surface area (Å²) in [6.07, 6.45) is 2.43. The highest BCUT2D eigenvalue weighted by Crippen LogP contribution is 2.23. The third-order valence-corrected chi connectivity index (χ3v) is 4.53. The highest BCUT2D eigenvalue weighted by molar-refractivity contribution is 6.30. The molecule has 1 saturated heterocycles. The Morgan fingerprint density at radius 3 is 2.71 bits per heavy atom. The monoisotopic (exact) mass is 347 g/mol. The summed E-state index contributed by atoms with van der Waals surface area (Å²) in [5.74, 6) is 0.248. The van der Waals surface area contributed by atoms with Crippen molar-refractivity contribution >= 4 is 29.0 Å². The Kier molecular flexibility index (Phi) is 4.66. The van der Waals surface area contributed by atoms with Crippen LogP contribution in [0.3, 0.4) is 0 Å². The molecule has 2 heterocycles. The number of hydrogen-bond donors (Lipinski definition) is 2. The van der Waals surface area contributed by atoms with Crippen LogP contribution in [0, 0.1) is 0 Å². The summed E-state index contributed by atoms with van der Waals surface area (Å²) in [6, 6.07) is 7.97. The number of nitrogens with one attached hydrogen (secondary N) is 1. The molecule has 0 bridgehead atoms. The number of halogens is 1. The molecule has 1 fully saturated rings. The summed E-state index contributed by atoms with van der Waals surface area (Å²) in [4.78, 5) is 14.7. The molecule has 0 aliphatic carbocycles. The van der Waals surface area contributed by atoms with E-state index in [9.17, 15) is 4.79 Å². The lowest BCUT2D eigenvalue weighted by Crippen LogP contribution is -2.37. The van der Waals surface area contributed by atoms with Gasteiger partial charge < -0.3 is 16.0 Å². The molecule has 3 rings (SSSR count). The third kappa shape index (κ3) is 3.33. The number of rotatable bonds is 4. The molecule has 0 saturated carbocycles. The quantitative estimate of drug-likeness (QED) is 0.891. The van der Waals surface area contributed by atoms with Crippen LogP contribution in [-0.2, 0) is 0 Å². The smallest absolute Gasteiger partial charge is 0.256 e. The van der Waals surface area contributed by atoms with E-state index in [1.807, 2.05) is 38.1 Å². The van der Waals surface area contributed by atoms with Crippen molar-refractivity contribution in [1.29, 1.82) is 0 Å². The van der Waals surface area contributed by atoms with Crippen molar-refractivity contribution in [3.05, 3.63) is 41.0 Å². The maximum Gasteiger partial charge on any atom is 0.256 e. The molecular weight excluding hydrogens is 326 g/mol. The molecule has 1 unspecified atom stereocenters. The standard InChI is InChI=1S/C17H22ClN5O/c1-11(2)23-16(19)15(9-20-23)17(24)21-13-7-8-22(10-13)14-5-3-12(18)4-6-14/h3-6,9,11,13H,7-8,10,19H2,1-2H3,(H,21,24). The second kappa shape index (κ2) is 6.73. The Balaban J connectivity index is 1.63.